The van der Waals surface area contributed by atoms with Crippen molar-refractivity contribution in [1.82, 2.24) is 0 Å². The second-order valence-electron chi connectivity index (χ2n) is 7.23. The Kier molecular flexibility index (Phi) is 4.94. The number of hydrogen-bond donors (Lipinski definition) is 0. The fraction of sp³-hybridized carbons (Fsp3) is 0.115. The van der Waals surface area contributed by atoms with Crippen molar-refractivity contribution in [3.05, 3.63) is 119 Å². The van der Waals surface area contributed by atoms with Gasteiger partial charge in [-0.3, -0.25) is 4.79 Å². The smallest absolute Gasteiger partial charge is 0.190 e. The Morgan fingerprint density at radius 1 is 0.821 bits per heavy atom. The maximum atomic E-state index is 13.0. The summed E-state index contributed by atoms with van der Waals surface area (Å²) in [6.45, 7) is 0. The second-order valence-corrected chi connectivity index (χ2v) is 7.23. The van der Waals surface area contributed by atoms with E-state index in [-0.39, 0.29) is 11.7 Å². The average Bonchev–Trinajstić information content (AvgIpc) is 3.01. The summed E-state index contributed by atoms with van der Waals surface area (Å²) >= 11 is 0. The lowest BCUT2D eigenvalue weighted by Gasteiger charge is -2.13. The number of nitrogens with zero attached hydrogens (tertiary/aromatic N) is 1. The molecule has 2 nitrogen and oxygen atoms in total. The van der Waals surface area contributed by atoms with Crippen LogP contribution < -0.4 is 4.90 Å². The first kappa shape index (κ1) is 18.0. The Hall–Kier alpha value is -3.39. The highest BCUT2D eigenvalue weighted by atomic mass is 16.1. The van der Waals surface area contributed by atoms with Gasteiger partial charge in [-0.15, -0.1) is 0 Å². The van der Waals surface area contributed by atoms with E-state index in [1.165, 1.54) is 5.69 Å². The van der Waals surface area contributed by atoms with Crippen LogP contribution in [0.2, 0.25) is 0 Å². The number of Topliss-reactive ketones (excluding diaryl/α,β-unsaturated/α-hetero) is 1. The van der Waals surface area contributed by atoms with Gasteiger partial charge >= 0.3 is 0 Å². The van der Waals surface area contributed by atoms with Crippen LogP contribution in [0, 0.1) is 0 Å². The quantitative estimate of drug-likeness (QED) is 0.551. The zero-order valence-corrected chi connectivity index (χ0v) is 16.2. The van der Waals surface area contributed by atoms with Gasteiger partial charge in [0.1, 0.15) is 0 Å². The van der Waals surface area contributed by atoms with E-state index in [1.807, 2.05) is 68.7 Å². The molecule has 0 aromatic heterocycles. The van der Waals surface area contributed by atoms with Crippen LogP contribution in [0.5, 0.6) is 0 Å². The number of ketones is 1. The summed E-state index contributed by atoms with van der Waals surface area (Å²) in [5.41, 5.74) is 6.16. The monoisotopic (exact) mass is 365 g/mol. The van der Waals surface area contributed by atoms with Crippen LogP contribution in [0.3, 0.4) is 0 Å². The number of carbonyl (C=O) groups is 1. The lowest BCUT2D eigenvalue weighted by atomic mass is 9.89. The number of hydrogen-bond acceptors (Lipinski definition) is 2. The zero-order chi connectivity index (χ0) is 19.5. The molecule has 3 aromatic rings. The van der Waals surface area contributed by atoms with Gasteiger partial charge in [-0.05, 0) is 28.8 Å². The molecular weight excluding hydrogens is 342 g/mol. The van der Waals surface area contributed by atoms with E-state index in [1.54, 1.807) is 0 Å². The Morgan fingerprint density at radius 3 is 2.21 bits per heavy atom. The van der Waals surface area contributed by atoms with Crippen LogP contribution in [-0.2, 0) is 0 Å². The molecule has 0 aliphatic heterocycles. The van der Waals surface area contributed by atoms with Crippen LogP contribution in [0.1, 0.15) is 33.0 Å². The van der Waals surface area contributed by atoms with Gasteiger partial charge in [-0.2, -0.15) is 0 Å². The van der Waals surface area contributed by atoms with Crippen molar-refractivity contribution >= 4 is 17.5 Å². The van der Waals surface area contributed by atoms with Gasteiger partial charge < -0.3 is 4.90 Å². The summed E-state index contributed by atoms with van der Waals surface area (Å²) in [5, 5.41) is 0. The topological polar surface area (TPSA) is 20.3 Å². The highest BCUT2D eigenvalue weighted by Crippen LogP contribution is 2.41. The number of fused-ring (bicyclic) bond motifs is 1. The Morgan fingerprint density at radius 2 is 1.50 bits per heavy atom. The molecule has 0 saturated heterocycles. The standard InChI is InChI=1S/C26H23NO/c1-27(2)21-17-15-19(16-18-21)9-8-14-24-25(20-10-4-3-5-11-20)22-12-6-7-13-23(22)26(24)28/h3-18,25H,1-2H3/b9-8+,24-14-/t25-/m1/s1. The Labute approximate surface area is 166 Å². The van der Waals surface area contributed by atoms with Crippen molar-refractivity contribution in [2.75, 3.05) is 19.0 Å². The molecule has 3 aromatic carbocycles. The Bertz CT molecular complexity index is 1040. The van der Waals surface area contributed by atoms with E-state index >= 15 is 0 Å². The lowest BCUT2D eigenvalue weighted by Crippen LogP contribution is -2.07. The molecule has 0 amide bonds. The summed E-state index contributed by atoms with van der Waals surface area (Å²) in [6, 6.07) is 26.5. The second kappa shape index (κ2) is 7.69. The molecule has 0 saturated carbocycles. The maximum absolute atomic E-state index is 13.0. The van der Waals surface area contributed by atoms with Gasteiger partial charge in [0.2, 0.25) is 0 Å². The van der Waals surface area contributed by atoms with Crippen molar-refractivity contribution in [2.45, 2.75) is 5.92 Å². The summed E-state index contributed by atoms with van der Waals surface area (Å²) in [6.07, 6.45) is 6.00. The highest BCUT2D eigenvalue weighted by molar-refractivity contribution is 6.15. The van der Waals surface area contributed by atoms with Crippen LogP contribution in [0.4, 0.5) is 5.69 Å². The van der Waals surface area contributed by atoms with Crippen molar-refractivity contribution < 1.29 is 4.79 Å². The average molecular weight is 365 g/mol. The van der Waals surface area contributed by atoms with Crippen LogP contribution in [0.15, 0.2) is 96.6 Å². The van der Waals surface area contributed by atoms with Crippen molar-refractivity contribution in [3.8, 4) is 0 Å². The number of benzene rings is 3. The van der Waals surface area contributed by atoms with Crippen LogP contribution >= 0.6 is 0 Å². The molecule has 0 heterocycles. The molecule has 0 N–H and O–H groups in total. The maximum Gasteiger partial charge on any atom is 0.190 e. The molecule has 138 valence electrons. The molecule has 0 bridgehead atoms. The minimum atomic E-state index is -0.00864. The predicted molar refractivity (Wildman–Crippen MR) is 117 cm³/mol. The van der Waals surface area contributed by atoms with Crippen LogP contribution in [0.25, 0.3) is 6.08 Å². The number of carbonyl (C=O) groups excluding carboxylic acids is 1. The van der Waals surface area contributed by atoms with E-state index in [2.05, 4.69) is 47.4 Å². The van der Waals surface area contributed by atoms with Crippen LogP contribution in [-0.4, -0.2) is 19.9 Å². The molecule has 0 fully saturated rings. The fourth-order valence-corrected chi connectivity index (χ4v) is 3.73. The number of anilines is 1. The van der Waals surface area contributed by atoms with Gasteiger partial charge in [0.25, 0.3) is 0 Å². The molecular formula is C26H23NO. The zero-order valence-electron chi connectivity index (χ0n) is 16.2. The van der Waals surface area contributed by atoms with Gasteiger partial charge in [-0.25, -0.2) is 0 Å². The Balaban J connectivity index is 1.68. The largest absolute Gasteiger partial charge is 0.378 e. The van der Waals surface area contributed by atoms with Crippen molar-refractivity contribution in [3.63, 3.8) is 0 Å². The number of allylic oxidation sites excluding steroid dienone is 3. The molecule has 0 radical (unpaired) electrons. The molecule has 1 atom stereocenters. The summed E-state index contributed by atoms with van der Waals surface area (Å²) in [4.78, 5) is 15.1. The highest BCUT2D eigenvalue weighted by Gasteiger charge is 2.34. The molecule has 0 spiro atoms. The van der Waals surface area contributed by atoms with E-state index in [0.717, 1.165) is 27.8 Å². The molecule has 1 aliphatic rings. The molecule has 28 heavy (non-hydrogen) atoms. The van der Waals surface area contributed by atoms with Gasteiger partial charge in [0, 0.05) is 36.8 Å². The summed E-state index contributed by atoms with van der Waals surface area (Å²) < 4.78 is 0. The van der Waals surface area contributed by atoms with Crippen molar-refractivity contribution in [1.29, 1.82) is 0 Å². The van der Waals surface area contributed by atoms with Gasteiger partial charge in [-0.1, -0.05) is 85.0 Å². The molecule has 4 rings (SSSR count). The van der Waals surface area contributed by atoms with Gasteiger partial charge in [0.05, 0.1) is 0 Å². The third-order valence-corrected chi connectivity index (χ3v) is 5.20. The normalized spacial score (nSPS) is 17.3. The lowest BCUT2D eigenvalue weighted by molar-refractivity contribution is 0.103. The number of rotatable bonds is 4. The summed E-state index contributed by atoms with van der Waals surface area (Å²) in [5.74, 6) is 0.114. The van der Waals surface area contributed by atoms with E-state index in [9.17, 15) is 4.79 Å². The third kappa shape index (κ3) is 3.41. The predicted octanol–water partition coefficient (Wildman–Crippen LogP) is 5.72. The first-order valence-corrected chi connectivity index (χ1v) is 9.49. The minimum absolute atomic E-state index is 0.00864. The first-order chi connectivity index (χ1) is 13.6. The molecule has 2 heteroatoms. The first-order valence-electron chi connectivity index (χ1n) is 9.49. The van der Waals surface area contributed by atoms with Crippen molar-refractivity contribution in [2.24, 2.45) is 0 Å². The van der Waals surface area contributed by atoms with Gasteiger partial charge in [0.15, 0.2) is 5.78 Å². The summed E-state index contributed by atoms with van der Waals surface area (Å²) in [7, 11) is 4.06. The van der Waals surface area contributed by atoms with E-state index in [0.29, 0.717) is 0 Å². The fourth-order valence-electron chi connectivity index (χ4n) is 3.73. The van der Waals surface area contributed by atoms with E-state index < -0.39 is 0 Å². The minimum Gasteiger partial charge on any atom is -0.378 e. The third-order valence-electron chi connectivity index (χ3n) is 5.20. The van der Waals surface area contributed by atoms with E-state index in [4.69, 9.17) is 0 Å². The SMILES string of the molecule is CN(C)c1ccc(/C=C/C=C2\C(=O)c3ccccc3[C@H]2c2ccccc2)cc1. The molecule has 0 unspecified atom stereocenters. The molecule has 1 aliphatic carbocycles.